The third kappa shape index (κ3) is 6.59. The highest BCUT2D eigenvalue weighted by Crippen LogP contribution is 2.31. The van der Waals surface area contributed by atoms with Crippen LogP contribution in [-0.4, -0.2) is 29.7 Å². The topological polar surface area (TPSA) is 69.6 Å². The summed E-state index contributed by atoms with van der Waals surface area (Å²) in [4.78, 5) is 25.3. The Morgan fingerprint density at radius 2 is 1.71 bits per heavy atom. The molecule has 216 valence electrons. The minimum absolute atomic E-state index is 0.102. The number of esters is 1. The largest absolute Gasteiger partial charge is 0.477 e. The number of benzene rings is 3. The van der Waals surface area contributed by atoms with Gasteiger partial charge < -0.3 is 19.4 Å². The summed E-state index contributed by atoms with van der Waals surface area (Å²) in [6.45, 7) is 12.9. The maximum Gasteiger partial charge on any atom is 0.347 e. The number of hydrogen-bond acceptors (Lipinski definition) is 4. The third-order valence-electron chi connectivity index (χ3n) is 7.77. The molecule has 0 saturated heterocycles. The molecule has 2 atom stereocenters. The number of nitrogens with one attached hydrogen (secondary N) is 1. The summed E-state index contributed by atoms with van der Waals surface area (Å²) in [5, 5.41) is 4.63. The average Bonchev–Trinajstić information content (AvgIpc) is 3.20. The Kier molecular flexibility index (Phi) is 9.44. The zero-order valence-corrected chi connectivity index (χ0v) is 25.6. The lowest BCUT2D eigenvalue weighted by Crippen LogP contribution is -2.27. The van der Waals surface area contributed by atoms with Crippen LogP contribution in [0.4, 0.5) is 0 Å². The number of carbonyl (C=O) groups is 2. The van der Waals surface area contributed by atoms with Crippen molar-refractivity contribution < 1.29 is 19.1 Å². The first-order valence-electron chi connectivity index (χ1n) is 14.1. The molecule has 6 nitrogen and oxygen atoms in total. The molecule has 4 rings (SSSR count). The Bertz CT molecular complexity index is 1570. The Balaban J connectivity index is 1.57. The van der Waals surface area contributed by atoms with Crippen molar-refractivity contribution in [3.05, 3.63) is 99.2 Å². The van der Waals surface area contributed by atoms with E-state index in [2.05, 4.69) is 55.8 Å². The van der Waals surface area contributed by atoms with Crippen LogP contribution in [0.2, 0.25) is 5.02 Å². The van der Waals surface area contributed by atoms with Gasteiger partial charge in [0.15, 0.2) is 6.10 Å². The van der Waals surface area contributed by atoms with Gasteiger partial charge >= 0.3 is 5.97 Å². The van der Waals surface area contributed by atoms with Gasteiger partial charge in [-0.05, 0) is 85.7 Å². The van der Waals surface area contributed by atoms with E-state index in [4.69, 9.17) is 21.1 Å². The third-order valence-corrected chi connectivity index (χ3v) is 8.08. The van der Waals surface area contributed by atoms with E-state index in [0.717, 1.165) is 33.3 Å². The van der Waals surface area contributed by atoms with Crippen molar-refractivity contribution in [1.82, 2.24) is 9.88 Å². The molecule has 0 radical (unpaired) electrons. The number of rotatable bonds is 10. The van der Waals surface area contributed by atoms with Gasteiger partial charge in [0.1, 0.15) is 5.75 Å². The average molecular weight is 575 g/mol. The summed E-state index contributed by atoms with van der Waals surface area (Å²) in [7, 11) is 1.34. The number of fused-ring (bicyclic) bond motifs is 1. The second-order valence-corrected chi connectivity index (χ2v) is 11.3. The van der Waals surface area contributed by atoms with Crippen molar-refractivity contribution in [3.8, 4) is 5.75 Å². The number of amides is 1. The molecule has 0 fully saturated rings. The van der Waals surface area contributed by atoms with E-state index in [-0.39, 0.29) is 11.9 Å². The first kappa shape index (κ1) is 30.2. The zero-order valence-electron chi connectivity index (χ0n) is 24.9. The molecule has 0 aliphatic heterocycles. The molecule has 3 aromatic carbocycles. The summed E-state index contributed by atoms with van der Waals surface area (Å²) in [5.74, 6) is 0.333. The quantitative estimate of drug-likeness (QED) is 0.195. The molecule has 0 spiro atoms. The van der Waals surface area contributed by atoms with Crippen LogP contribution in [0.5, 0.6) is 5.75 Å². The molecule has 1 heterocycles. The highest BCUT2D eigenvalue weighted by atomic mass is 35.5. The van der Waals surface area contributed by atoms with Crippen molar-refractivity contribution in [3.63, 3.8) is 0 Å². The number of hydrogen-bond donors (Lipinski definition) is 1. The number of nitrogens with zero attached hydrogens (tertiary/aromatic N) is 1. The van der Waals surface area contributed by atoms with E-state index in [1.807, 2.05) is 50.2 Å². The molecule has 1 amide bonds. The predicted molar refractivity (Wildman–Crippen MR) is 165 cm³/mol. The lowest BCUT2D eigenvalue weighted by molar-refractivity contribution is -0.148. The van der Waals surface area contributed by atoms with Gasteiger partial charge in [-0.2, -0.15) is 0 Å². The molecule has 0 aliphatic rings. The fourth-order valence-corrected chi connectivity index (χ4v) is 5.21. The van der Waals surface area contributed by atoms with Crippen molar-refractivity contribution >= 4 is 34.4 Å². The van der Waals surface area contributed by atoms with E-state index in [1.54, 1.807) is 6.07 Å². The second kappa shape index (κ2) is 12.8. The van der Waals surface area contributed by atoms with Crippen molar-refractivity contribution in [2.45, 2.75) is 72.6 Å². The highest BCUT2D eigenvalue weighted by molar-refractivity contribution is 6.32. The van der Waals surface area contributed by atoms with Crippen molar-refractivity contribution in [1.29, 1.82) is 0 Å². The monoisotopic (exact) mass is 574 g/mol. The summed E-state index contributed by atoms with van der Waals surface area (Å²) >= 11 is 6.40. The van der Waals surface area contributed by atoms with Gasteiger partial charge in [0.25, 0.3) is 5.91 Å². The van der Waals surface area contributed by atoms with Gasteiger partial charge in [-0.25, -0.2) is 4.79 Å². The zero-order chi connectivity index (χ0) is 29.8. The van der Waals surface area contributed by atoms with Crippen molar-refractivity contribution in [2.24, 2.45) is 0 Å². The molecule has 1 N–H and O–H groups in total. The lowest BCUT2D eigenvalue weighted by atomic mass is 9.98. The minimum atomic E-state index is -0.726. The van der Waals surface area contributed by atoms with Crippen LogP contribution in [0.15, 0.2) is 60.7 Å². The van der Waals surface area contributed by atoms with Crippen LogP contribution in [-0.2, 0) is 16.1 Å². The molecule has 4 aromatic rings. The summed E-state index contributed by atoms with van der Waals surface area (Å²) < 4.78 is 13.0. The molecule has 7 heteroatoms. The van der Waals surface area contributed by atoms with E-state index in [0.29, 0.717) is 35.2 Å². The van der Waals surface area contributed by atoms with Crippen LogP contribution in [0.3, 0.4) is 0 Å². The Morgan fingerprint density at radius 3 is 2.39 bits per heavy atom. The molecule has 1 aromatic heterocycles. The molecule has 2 unspecified atom stereocenters. The van der Waals surface area contributed by atoms with Gasteiger partial charge in [0.05, 0.1) is 18.2 Å². The molecular weight excluding hydrogens is 536 g/mol. The first-order chi connectivity index (χ1) is 19.5. The smallest absolute Gasteiger partial charge is 0.347 e. The summed E-state index contributed by atoms with van der Waals surface area (Å²) in [6.07, 6.45) is -0.261. The molecule has 0 saturated carbocycles. The van der Waals surface area contributed by atoms with Crippen LogP contribution in [0.1, 0.15) is 84.4 Å². The lowest BCUT2D eigenvalue weighted by Gasteiger charge is -2.17. The maximum absolute atomic E-state index is 13.3. The fraction of sp³-hybridized carbons (Fsp3) is 0.353. The summed E-state index contributed by atoms with van der Waals surface area (Å²) in [6, 6.07) is 19.7. The highest BCUT2D eigenvalue weighted by Gasteiger charge is 2.21. The summed E-state index contributed by atoms with van der Waals surface area (Å²) in [5.41, 5.74) is 7.21. The normalized spacial score (nSPS) is 12.8. The predicted octanol–water partition coefficient (Wildman–Crippen LogP) is 7.90. The number of methoxy groups -OCH3 is 1. The molecular formula is C34H39ClN2O4. The second-order valence-electron chi connectivity index (χ2n) is 10.9. The molecule has 41 heavy (non-hydrogen) atoms. The Labute approximate surface area is 247 Å². The molecule has 0 bridgehead atoms. The van der Waals surface area contributed by atoms with Gasteiger partial charge in [0.2, 0.25) is 0 Å². The van der Waals surface area contributed by atoms with Crippen LogP contribution in [0, 0.1) is 13.8 Å². The standard InChI is InChI=1S/C34H39ClN2O4/c1-8-31(34(39)40-7)41-32-16-24(12-14-29(32)35)19-37-23(6)21(4)28-18-27(13-15-30(28)37)33(38)36-22(5)26-11-9-10-25(17-26)20(2)3/h9-18,20,22,31H,8,19H2,1-7H3,(H,36,38). The molecule has 0 aliphatic carbocycles. The first-order valence-corrected chi connectivity index (χ1v) is 14.4. The van der Waals surface area contributed by atoms with E-state index >= 15 is 0 Å². The van der Waals surface area contributed by atoms with Gasteiger partial charge in [-0.1, -0.05) is 62.7 Å². The Hall–Kier alpha value is -3.77. The van der Waals surface area contributed by atoms with E-state index in [9.17, 15) is 9.59 Å². The van der Waals surface area contributed by atoms with E-state index in [1.165, 1.54) is 12.7 Å². The van der Waals surface area contributed by atoms with E-state index < -0.39 is 12.1 Å². The maximum atomic E-state index is 13.3. The fourth-order valence-electron chi connectivity index (χ4n) is 5.05. The Morgan fingerprint density at radius 1 is 0.976 bits per heavy atom. The van der Waals surface area contributed by atoms with Gasteiger partial charge in [-0.3, -0.25) is 4.79 Å². The number of ether oxygens (including phenoxy) is 2. The SMILES string of the molecule is CCC(Oc1cc(Cn2c(C)c(C)c3cc(C(=O)NC(C)c4cccc(C(C)C)c4)ccc32)ccc1Cl)C(=O)OC. The van der Waals surface area contributed by atoms with Gasteiger partial charge in [-0.15, -0.1) is 0 Å². The van der Waals surface area contributed by atoms with Crippen LogP contribution in [0.25, 0.3) is 10.9 Å². The number of aryl methyl sites for hydroxylation is 1. The van der Waals surface area contributed by atoms with Crippen LogP contribution < -0.4 is 10.1 Å². The van der Waals surface area contributed by atoms with Crippen molar-refractivity contribution in [2.75, 3.05) is 7.11 Å². The van der Waals surface area contributed by atoms with Crippen LogP contribution >= 0.6 is 11.6 Å². The number of halogens is 1. The number of aromatic nitrogens is 1. The minimum Gasteiger partial charge on any atom is -0.477 e. The van der Waals surface area contributed by atoms with Gasteiger partial charge in [0, 0.05) is 28.7 Å². The number of carbonyl (C=O) groups excluding carboxylic acids is 2.